The fourth-order valence-corrected chi connectivity index (χ4v) is 7.40. The Labute approximate surface area is 147 Å². The van der Waals surface area contributed by atoms with Gasteiger partial charge in [-0.2, -0.15) is 0 Å². The first-order valence-corrected chi connectivity index (χ1v) is 10.2. The second kappa shape index (κ2) is 5.61. The lowest BCUT2D eigenvalue weighted by molar-refractivity contribution is -0.159. The molecule has 4 aliphatic rings. The largest absolute Gasteiger partial charge is 0.462 e. The van der Waals surface area contributed by atoms with E-state index in [0.717, 1.165) is 30.1 Å². The number of esters is 1. The van der Waals surface area contributed by atoms with Crippen LogP contribution in [-0.2, 0) is 9.53 Å². The van der Waals surface area contributed by atoms with E-state index in [1.165, 1.54) is 44.9 Å². The van der Waals surface area contributed by atoms with E-state index in [1.54, 1.807) is 12.5 Å². The van der Waals surface area contributed by atoms with Crippen LogP contribution in [0.15, 0.2) is 11.6 Å². The molecule has 24 heavy (non-hydrogen) atoms. The average molecular weight is 331 g/mol. The molecule has 0 saturated heterocycles. The van der Waals surface area contributed by atoms with Gasteiger partial charge in [-0.05, 0) is 87.4 Å². The standard InChI is InChI=1S/C22H34O2/c1-14-9-11-21(3)16(13-14)5-6-17-18-7-8-20(24-15(2)23)22(18,4)12-10-19(17)21/h9,16-20H,5-8,10-13H2,1-4H3. The highest BCUT2D eigenvalue weighted by atomic mass is 16.5. The minimum atomic E-state index is -0.0902. The molecule has 3 saturated carbocycles. The van der Waals surface area contributed by atoms with Crippen LogP contribution in [0.5, 0.6) is 0 Å². The molecule has 0 aromatic rings. The molecule has 0 aliphatic heterocycles. The molecule has 2 heteroatoms. The molecule has 0 N–H and O–H groups in total. The van der Waals surface area contributed by atoms with Gasteiger partial charge in [-0.1, -0.05) is 25.5 Å². The van der Waals surface area contributed by atoms with Crippen LogP contribution < -0.4 is 0 Å². The number of hydrogen-bond acceptors (Lipinski definition) is 2. The summed E-state index contributed by atoms with van der Waals surface area (Å²) in [5.74, 6) is 3.32. The molecular weight excluding hydrogens is 296 g/mol. The van der Waals surface area contributed by atoms with Crippen LogP contribution in [0, 0.1) is 34.5 Å². The normalized spacial score (nSPS) is 50.3. The summed E-state index contributed by atoms with van der Waals surface area (Å²) >= 11 is 0. The van der Waals surface area contributed by atoms with Gasteiger partial charge in [0, 0.05) is 12.3 Å². The maximum absolute atomic E-state index is 11.5. The molecular formula is C22H34O2. The van der Waals surface area contributed by atoms with Crippen LogP contribution in [0.4, 0.5) is 0 Å². The van der Waals surface area contributed by atoms with E-state index < -0.39 is 0 Å². The number of ether oxygens (including phenoxy) is 1. The Morgan fingerprint density at radius 2 is 1.83 bits per heavy atom. The fraction of sp³-hybridized carbons (Fsp3) is 0.864. The minimum absolute atomic E-state index is 0.0902. The van der Waals surface area contributed by atoms with Crippen LogP contribution in [0.1, 0.15) is 79.1 Å². The average Bonchev–Trinajstić information content (AvgIpc) is 2.84. The Balaban J connectivity index is 1.60. The summed E-state index contributed by atoms with van der Waals surface area (Å²) in [4.78, 5) is 11.5. The van der Waals surface area contributed by atoms with Crippen LogP contribution in [-0.4, -0.2) is 12.1 Å². The Morgan fingerprint density at radius 1 is 1.08 bits per heavy atom. The fourth-order valence-electron chi connectivity index (χ4n) is 7.40. The smallest absolute Gasteiger partial charge is 0.302 e. The molecule has 0 spiro atoms. The van der Waals surface area contributed by atoms with E-state index in [0.29, 0.717) is 5.41 Å². The van der Waals surface area contributed by atoms with Gasteiger partial charge in [-0.25, -0.2) is 0 Å². The van der Waals surface area contributed by atoms with Crippen molar-refractivity contribution in [1.29, 1.82) is 0 Å². The van der Waals surface area contributed by atoms with Crippen LogP contribution in [0.25, 0.3) is 0 Å². The molecule has 7 atom stereocenters. The van der Waals surface area contributed by atoms with Crippen molar-refractivity contribution in [2.75, 3.05) is 0 Å². The lowest BCUT2D eigenvalue weighted by Crippen LogP contribution is -2.53. The number of carbonyl (C=O) groups is 1. The molecule has 2 nitrogen and oxygen atoms in total. The SMILES string of the molecule is CC(=O)OC1CCC2C3CCC4CC(C)=CCC4(C)C3CCC12C. The summed E-state index contributed by atoms with van der Waals surface area (Å²) in [6.45, 7) is 8.92. The highest BCUT2D eigenvalue weighted by Crippen LogP contribution is 2.66. The molecule has 0 aromatic carbocycles. The maximum Gasteiger partial charge on any atom is 0.302 e. The van der Waals surface area contributed by atoms with Crippen molar-refractivity contribution in [3.05, 3.63) is 11.6 Å². The van der Waals surface area contributed by atoms with Gasteiger partial charge in [-0.15, -0.1) is 0 Å². The Morgan fingerprint density at radius 3 is 2.58 bits per heavy atom. The predicted octanol–water partition coefficient (Wildman–Crippen LogP) is 5.52. The third-order valence-electron chi connectivity index (χ3n) is 8.75. The number of hydrogen-bond donors (Lipinski definition) is 0. The van der Waals surface area contributed by atoms with Crippen molar-refractivity contribution < 1.29 is 9.53 Å². The number of carbonyl (C=O) groups excluding carboxylic acids is 1. The Hall–Kier alpha value is -0.790. The summed E-state index contributed by atoms with van der Waals surface area (Å²) in [7, 11) is 0. The van der Waals surface area contributed by atoms with Gasteiger partial charge in [0.25, 0.3) is 0 Å². The van der Waals surface area contributed by atoms with Crippen molar-refractivity contribution in [3.8, 4) is 0 Å². The molecule has 0 aromatic heterocycles. The van der Waals surface area contributed by atoms with Crippen molar-refractivity contribution in [2.24, 2.45) is 34.5 Å². The van der Waals surface area contributed by atoms with E-state index in [1.807, 2.05) is 0 Å². The molecule has 134 valence electrons. The maximum atomic E-state index is 11.5. The zero-order valence-corrected chi connectivity index (χ0v) is 15.9. The van der Waals surface area contributed by atoms with Crippen LogP contribution in [0.3, 0.4) is 0 Å². The third-order valence-corrected chi connectivity index (χ3v) is 8.75. The summed E-state index contributed by atoms with van der Waals surface area (Å²) in [6.07, 6.45) is 13.1. The summed E-state index contributed by atoms with van der Waals surface area (Å²) in [5, 5.41) is 0. The van der Waals surface area contributed by atoms with E-state index in [2.05, 4.69) is 26.8 Å². The zero-order valence-electron chi connectivity index (χ0n) is 15.9. The zero-order chi connectivity index (χ0) is 17.1. The molecule has 4 rings (SSSR count). The minimum Gasteiger partial charge on any atom is -0.462 e. The van der Waals surface area contributed by atoms with E-state index in [4.69, 9.17) is 4.74 Å². The molecule has 0 radical (unpaired) electrons. The summed E-state index contributed by atoms with van der Waals surface area (Å²) in [5.41, 5.74) is 2.37. The van der Waals surface area contributed by atoms with Gasteiger partial charge in [0.1, 0.15) is 6.10 Å². The number of rotatable bonds is 1. The predicted molar refractivity (Wildman–Crippen MR) is 96.4 cm³/mol. The van der Waals surface area contributed by atoms with E-state index in [-0.39, 0.29) is 17.5 Å². The summed E-state index contributed by atoms with van der Waals surface area (Å²) in [6, 6.07) is 0. The van der Waals surface area contributed by atoms with E-state index in [9.17, 15) is 4.79 Å². The first kappa shape index (κ1) is 16.7. The van der Waals surface area contributed by atoms with Crippen molar-refractivity contribution in [1.82, 2.24) is 0 Å². The molecule has 4 aliphatic carbocycles. The van der Waals surface area contributed by atoms with Gasteiger partial charge < -0.3 is 4.74 Å². The first-order valence-electron chi connectivity index (χ1n) is 10.2. The van der Waals surface area contributed by atoms with Gasteiger partial charge >= 0.3 is 5.97 Å². The van der Waals surface area contributed by atoms with E-state index >= 15 is 0 Å². The van der Waals surface area contributed by atoms with Gasteiger partial charge in [-0.3, -0.25) is 4.79 Å². The number of allylic oxidation sites excluding steroid dienone is 2. The highest BCUT2D eigenvalue weighted by molar-refractivity contribution is 5.66. The molecule has 0 amide bonds. The second-order valence-corrected chi connectivity index (χ2v) is 9.84. The number of fused-ring (bicyclic) bond motifs is 5. The highest BCUT2D eigenvalue weighted by Gasteiger charge is 2.60. The third kappa shape index (κ3) is 2.31. The van der Waals surface area contributed by atoms with Crippen LogP contribution in [0.2, 0.25) is 0 Å². The van der Waals surface area contributed by atoms with Gasteiger partial charge in [0.05, 0.1) is 0 Å². The molecule has 0 heterocycles. The monoisotopic (exact) mass is 330 g/mol. The second-order valence-electron chi connectivity index (χ2n) is 9.84. The molecule has 3 fully saturated rings. The Kier molecular flexibility index (Phi) is 3.89. The van der Waals surface area contributed by atoms with Crippen molar-refractivity contribution in [2.45, 2.75) is 85.2 Å². The lowest BCUT2D eigenvalue weighted by atomic mass is 9.45. The topological polar surface area (TPSA) is 26.3 Å². The lowest BCUT2D eigenvalue weighted by Gasteiger charge is -2.59. The van der Waals surface area contributed by atoms with Gasteiger partial charge in [0.15, 0.2) is 0 Å². The van der Waals surface area contributed by atoms with Crippen molar-refractivity contribution in [3.63, 3.8) is 0 Å². The van der Waals surface area contributed by atoms with Crippen molar-refractivity contribution >= 4 is 5.97 Å². The molecule has 0 bridgehead atoms. The summed E-state index contributed by atoms with van der Waals surface area (Å²) < 4.78 is 5.76. The van der Waals surface area contributed by atoms with Gasteiger partial charge in [0.2, 0.25) is 0 Å². The first-order chi connectivity index (χ1) is 11.3. The Bertz CT molecular complexity index is 564. The molecule has 7 unspecified atom stereocenters. The van der Waals surface area contributed by atoms with Crippen LogP contribution >= 0.6 is 0 Å². The quantitative estimate of drug-likeness (QED) is 0.467.